The summed E-state index contributed by atoms with van der Waals surface area (Å²) in [4.78, 5) is 22.7. The second-order valence-electron chi connectivity index (χ2n) is 6.21. The van der Waals surface area contributed by atoms with Gasteiger partial charge in [-0.05, 0) is 38.8 Å². The van der Waals surface area contributed by atoms with Crippen molar-refractivity contribution in [1.29, 1.82) is 0 Å². The van der Waals surface area contributed by atoms with Crippen molar-refractivity contribution in [3.05, 3.63) is 35.4 Å². The zero-order chi connectivity index (χ0) is 18.0. The van der Waals surface area contributed by atoms with Crippen LogP contribution >= 0.6 is 0 Å². The predicted molar refractivity (Wildman–Crippen MR) is 92.5 cm³/mol. The molecule has 0 radical (unpaired) electrons. The molecule has 0 aromatic heterocycles. The number of esters is 1. The lowest BCUT2D eigenvalue weighted by Crippen LogP contribution is -2.32. The fourth-order valence-corrected chi connectivity index (χ4v) is 1.90. The Balaban J connectivity index is 2.49. The minimum Gasteiger partial charge on any atom is -0.469 e. The molecule has 0 fully saturated rings. The topological polar surface area (TPSA) is 64.6 Å². The summed E-state index contributed by atoms with van der Waals surface area (Å²) in [7, 11) is 1.38. The standard InChI is InChI=1S/C19H25NO4/c1-19(2,3)24-18(22)20-14-8-7-11-15-9-5-6-10-16(15)12-13-17(21)23-4/h5-6,9-10H,8,12-14H2,1-4H3,(H,20,22). The molecular weight excluding hydrogens is 306 g/mol. The first-order chi connectivity index (χ1) is 11.3. The molecule has 1 N–H and O–H groups in total. The Kier molecular flexibility index (Phi) is 7.84. The first kappa shape index (κ1) is 19.6. The Hall–Kier alpha value is -2.48. The summed E-state index contributed by atoms with van der Waals surface area (Å²) in [5, 5.41) is 2.66. The lowest BCUT2D eigenvalue weighted by Gasteiger charge is -2.19. The minimum absolute atomic E-state index is 0.237. The number of rotatable bonds is 5. The molecule has 0 heterocycles. The number of amides is 1. The molecule has 5 nitrogen and oxygen atoms in total. The summed E-state index contributed by atoms with van der Waals surface area (Å²) in [6.07, 6.45) is 0.996. The van der Waals surface area contributed by atoms with Crippen LogP contribution in [0.5, 0.6) is 0 Å². The third-order valence-electron chi connectivity index (χ3n) is 2.98. The van der Waals surface area contributed by atoms with Crippen molar-refractivity contribution < 1.29 is 19.1 Å². The van der Waals surface area contributed by atoms with Crippen molar-refractivity contribution >= 4 is 12.1 Å². The maximum atomic E-state index is 11.5. The van der Waals surface area contributed by atoms with Gasteiger partial charge in [0.25, 0.3) is 0 Å². The van der Waals surface area contributed by atoms with E-state index in [-0.39, 0.29) is 5.97 Å². The van der Waals surface area contributed by atoms with Gasteiger partial charge in [-0.15, -0.1) is 0 Å². The highest BCUT2D eigenvalue weighted by Crippen LogP contribution is 2.10. The van der Waals surface area contributed by atoms with Gasteiger partial charge >= 0.3 is 12.1 Å². The number of ether oxygens (including phenoxy) is 2. The van der Waals surface area contributed by atoms with Gasteiger partial charge in [0.05, 0.1) is 7.11 Å². The van der Waals surface area contributed by atoms with E-state index in [1.54, 1.807) is 0 Å². The van der Waals surface area contributed by atoms with Crippen LogP contribution in [0.1, 0.15) is 44.7 Å². The molecule has 0 saturated carbocycles. The quantitative estimate of drug-likeness (QED) is 0.512. The summed E-state index contributed by atoms with van der Waals surface area (Å²) in [6.45, 7) is 5.87. The van der Waals surface area contributed by atoms with Crippen LogP contribution in [0.2, 0.25) is 0 Å². The molecular formula is C19H25NO4. The van der Waals surface area contributed by atoms with Crippen LogP contribution in [-0.4, -0.2) is 31.3 Å². The highest BCUT2D eigenvalue weighted by atomic mass is 16.6. The van der Waals surface area contributed by atoms with Crippen LogP contribution < -0.4 is 5.32 Å². The van der Waals surface area contributed by atoms with Gasteiger partial charge in [0, 0.05) is 24.9 Å². The highest BCUT2D eigenvalue weighted by Gasteiger charge is 2.15. The summed E-state index contributed by atoms with van der Waals surface area (Å²) < 4.78 is 9.80. The van der Waals surface area contributed by atoms with Crippen LogP contribution in [0.3, 0.4) is 0 Å². The monoisotopic (exact) mass is 331 g/mol. The molecule has 0 unspecified atom stereocenters. The van der Waals surface area contributed by atoms with E-state index in [1.165, 1.54) is 7.11 Å². The lowest BCUT2D eigenvalue weighted by atomic mass is 10.0. The smallest absolute Gasteiger partial charge is 0.407 e. The van der Waals surface area contributed by atoms with E-state index in [4.69, 9.17) is 4.74 Å². The third-order valence-corrected chi connectivity index (χ3v) is 2.98. The fourth-order valence-electron chi connectivity index (χ4n) is 1.90. The number of hydrogen-bond acceptors (Lipinski definition) is 4. The van der Waals surface area contributed by atoms with Crippen LogP contribution in [-0.2, 0) is 20.7 Å². The minimum atomic E-state index is -0.506. The molecule has 0 aliphatic rings. The van der Waals surface area contributed by atoms with Gasteiger partial charge in [-0.2, -0.15) is 0 Å². The van der Waals surface area contributed by atoms with E-state index in [0.29, 0.717) is 25.8 Å². The maximum absolute atomic E-state index is 11.5. The molecule has 5 heteroatoms. The third kappa shape index (κ3) is 8.23. The van der Waals surface area contributed by atoms with E-state index in [2.05, 4.69) is 21.9 Å². The molecule has 0 spiro atoms. The van der Waals surface area contributed by atoms with Crippen molar-refractivity contribution in [2.45, 2.75) is 45.6 Å². The van der Waals surface area contributed by atoms with E-state index >= 15 is 0 Å². The largest absolute Gasteiger partial charge is 0.469 e. The molecule has 24 heavy (non-hydrogen) atoms. The molecule has 0 aliphatic heterocycles. The molecule has 1 rings (SSSR count). The molecule has 0 bridgehead atoms. The zero-order valence-corrected chi connectivity index (χ0v) is 14.8. The van der Waals surface area contributed by atoms with Crippen molar-refractivity contribution in [3.63, 3.8) is 0 Å². The van der Waals surface area contributed by atoms with E-state index < -0.39 is 11.7 Å². The van der Waals surface area contributed by atoms with Crippen molar-refractivity contribution in [2.75, 3.05) is 13.7 Å². The van der Waals surface area contributed by atoms with E-state index in [9.17, 15) is 9.59 Å². The van der Waals surface area contributed by atoms with Gasteiger partial charge in [-0.3, -0.25) is 4.79 Å². The Labute approximate surface area is 143 Å². The lowest BCUT2D eigenvalue weighted by molar-refractivity contribution is -0.140. The van der Waals surface area contributed by atoms with Crippen LogP contribution in [0.25, 0.3) is 0 Å². The van der Waals surface area contributed by atoms with Crippen LogP contribution in [0, 0.1) is 11.8 Å². The average molecular weight is 331 g/mol. The van der Waals surface area contributed by atoms with Crippen LogP contribution in [0.15, 0.2) is 24.3 Å². The van der Waals surface area contributed by atoms with Crippen molar-refractivity contribution in [2.24, 2.45) is 0 Å². The molecule has 1 aromatic rings. The molecule has 0 atom stereocenters. The summed E-state index contributed by atoms with van der Waals surface area (Å²) >= 11 is 0. The second-order valence-corrected chi connectivity index (χ2v) is 6.21. The van der Waals surface area contributed by atoms with Gasteiger partial charge in [0.2, 0.25) is 0 Å². The average Bonchev–Trinajstić information content (AvgIpc) is 2.51. The van der Waals surface area contributed by atoms with Gasteiger partial charge in [0.1, 0.15) is 5.60 Å². The van der Waals surface area contributed by atoms with Crippen molar-refractivity contribution in [3.8, 4) is 11.8 Å². The number of methoxy groups -OCH3 is 1. The Morgan fingerprint density at radius 1 is 1.21 bits per heavy atom. The number of alkyl carbamates (subject to hydrolysis) is 1. The molecule has 0 aliphatic carbocycles. The number of benzene rings is 1. The number of hydrogen-bond donors (Lipinski definition) is 1. The first-order valence-electron chi connectivity index (χ1n) is 7.92. The highest BCUT2D eigenvalue weighted by molar-refractivity contribution is 5.69. The molecule has 1 aromatic carbocycles. The SMILES string of the molecule is COC(=O)CCc1ccccc1C#CCCNC(=O)OC(C)(C)C. The zero-order valence-electron chi connectivity index (χ0n) is 14.8. The van der Waals surface area contributed by atoms with Crippen molar-refractivity contribution in [1.82, 2.24) is 5.32 Å². The second kappa shape index (κ2) is 9.61. The molecule has 130 valence electrons. The van der Waals surface area contributed by atoms with Gasteiger partial charge in [-0.25, -0.2) is 4.79 Å². The summed E-state index contributed by atoms with van der Waals surface area (Å²) in [5.41, 5.74) is 1.39. The summed E-state index contributed by atoms with van der Waals surface area (Å²) in [5.74, 6) is 5.87. The Morgan fingerprint density at radius 3 is 2.58 bits per heavy atom. The number of carbonyl (C=O) groups excluding carboxylic acids is 2. The Morgan fingerprint density at radius 2 is 1.92 bits per heavy atom. The van der Waals surface area contributed by atoms with E-state index in [1.807, 2.05) is 45.0 Å². The Bertz CT molecular complexity index is 620. The van der Waals surface area contributed by atoms with E-state index in [0.717, 1.165) is 11.1 Å². The van der Waals surface area contributed by atoms with Gasteiger partial charge in [-0.1, -0.05) is 30.0 Å². The van der Waals surface area contributed by atoms with Gasteiger partial charge in [0.15, 0.2) is 0 Å². The normalized spacial score (nSPS) is 10.3. The maximum Gasteiger partial charge on any atom is 0.407 e. The molecule has 1 amide bonds. The fraction of sp³-hybridized carbons (Fsp3) is 0.474. The summed E-state index contributed by atoms with van der Waals surface area (Å²) in [6, 6.07) is 7.69. The molecule has 0 saturated heterocycles. The number of carbonyl (C=O) groups is 2. The number of aryl methyl sites for hydroxylation is 1. The predicted octanol–water partition coefficient (Wildman–Crippen LogP) is 3.06. The van der Waals surface area contributed by atoms with Gasteiger partial charge < -0.3 is 14.8 Å². The van der Waals surface area contributed by atoms with Crippen LogP contribution in [0.4, 0.5) is 4.79 Å². The number of nitrogens with one attached hydrogen (secondary N) is 1. The first-order valence-corrected chi connectivity index (χ1v) is 7.92.